The van der Waals surface area contributed by atoms with Gasteiger partial charge in [-0.3, -0.25) is 4.79 Å². The Morgan fingerprint density at radius 1 is 1.39 bits per heavy atom. The SMILES string of the molecule is C[C@H]1c2ccsc2CCN1C(=O)[C@H]1COc2ccc(Cl)cc2C1. The van der Waals surface area contributed by atoms with E-state index >= 15 is 0 Å². The molecule has 2 aliphatic heterocycles. The standard InChI is InChI=1S/C18H18ClNO2S/c1-11-15-5-7-23-17(15)4-6-20(11)18(21)13-8-12-9-14(19)2-3-16(12)22-10-13/h2-3,5,7,9,11,13H,4,6,8,10H2,1H3/t11-,13+/m0/s1. The molecule has 0 unspecified atom stereocenters. The minimum atomic E-state index is -0.122. The molecule has 23 heavy (non-hydrogen) atoms. The lowest BCUT2D eigenvalue weighted by Crippen LogP contribution is -2.44. The molecule has 1 amide bonds. The van der Waals surface area contributed by atoms with Crippen molar-refractivity contribution in [2.24, 2.45) is 5.92 Å². The summed E-state index contributed by atoms with van der Waals surface area (Å²) in [6, 6.07) is 7.93. The Bertz CT molecular complexity index is 757. The van der Waals surface area contributed by atoms with Crippen LogP contribution in [0, 0.1) is 5.92 Å². The molecule has 1 aromatic carbocycles. The second-order valence-corrected chi connectivity index (χ2v) is 7.66. The summed E-state index contributed by atoms with van der Waals surface area (Å²) in [4.78, 5) is 16.4. The number of hydrogen-bond donors (Lipinski definition) is 0. The first-order valence-electron chi connectivity index (χ1n) is 7.91. The van der Waals surface area contributed by atoms with E-state index in [1.165, 1.54) is 10.4 Å². The molecule has 0 aliphatic carbocycles. The van der Waals surface area contributed by atoms with Crippen LogP contribution in [0.25, 0.3) is 0 Å². The van der Waals surface area contributed by atoms with Crippen molar-refractivity contribution in [2.45, 2.75) is 25.8 Å². The van der Waals surface area contributed by atoms with Gasteiger partial charge in [0.2, 0.25) is 5.91 Å². The highest BCUT2D eigenvalue weighted by Crippen LogP contribution is 2.36. The topological polar surface area (TPSA) is 29.5 Å². The third kappa shape index (κ3) is 2.64. The zero-order valence-electron chi connectivity index (χ0n) is 12.9. The fourth-order valence-electron chi connectivity index (χ4n) is 3.57. The van der Waals surface area contributed by atoms with Crippen LogP contribution in [0.4, 0.5) is 0 Å². The van der Waals surface area contributed by atoms with Crippen LogP contribution < -0.4 is 4.74 Å². The number of fused-ring (bicyclic) bond motifs is 2. The largest absolute Gasteiger partial charge is 0.492 e. The van der Waals surface area contributed by atoms with Crippen LogP contribution in [0.5, 0.6) is 5.75 Å². The first-order valence-corrected chi connectivity index (χ1v) is 9.17. The number of benzene rings is 1. The summed E-state index contributed by atoms with van der Waals surface area (Å²) >= 11 is 7.86. The monoisotopic (exact) mass is 347 g/mol. The highest BCUT2D eigenvalue weighted by Gasteiger charge is 2.34. The molecule has 0 saturated heterocycles. The summed E-state index contributed by atoms with van der Waals surface area (Å²) in [6.45, 7) is 3.37. The fraction of sp³-hybridized carbons (Fsp3) is 0.389. The normalized spacial score (nSPS) is 23.0. The number of rotatable bonds is 1. The number of ether oxygens (including phenoxy) is 1. The number of hydrogen-bond acceptors (Lipinski definition) is 3. The van der Waals surface area contributed by atoms with Crippen molar-refractivity contribution in [3.05, 3.63) is 50.7 Å². The van der Waals surface area contributed by atoms with Gasteiger partial charge in [-0.1, -0.05) is 11.6 Å². The average molecular weight is 348 g/mol. The van der Waals surface area contributed by atoms with Gasteiger partial charge in [0.15, 0.2) is 0 Å². The predicted molar refractivity (Wildman–Crippen MR) is 92.3 cm³/mol. The first kappa shape index (κ1) is 15.0. The molecule has 0 radical (unpaired) electrons. The van der Waals surface area contributed by atoms with Crippen LogP contribution in [0.3, 0.4) is 0 Å². The Kier molecular flexibility index (Phi) is 3.82. The molecule has 0 saturated carbocycles. The molecule has 2 atom stereocenters. The predicted octanol–water partition coefficient (Wildman–Crippen LogP) is 4.10. The van der Waals surface area contributed by atoms with Gasteiger partial charge in [-0.05, 0) is 60.5 Å². The molecule has 3 heterocycles. The van der Waals surface area contributed by atoms with Gasteiger partial charge in [-0.2, -0.15) is 0 Å². The van der Waals surface area contributed by atoms with Crippen molar-refractivity contribution >= 4 is 28.8 Å². The van der Waals surface area contributed by atoms with Crippen molar-refractivity contribution in [2.75, 3.05) is 13.2 Å². The smallest absolute Gasteiger partial charge is 0.229 e. The third-order valence-corrected chi connectivity index (χ3v) is 6.07. The van der Waals surface area contributed by atoms with Gasteiger partial charge in [0.05, 0.1) is 12.0 Å². The Labute approximate surface area is 144 Å². The van der Waals surface area contributed by atoms with E-state index in [2.05, 4.69) is 18.4 Å². The van der Waals surface area contributed by atoms with Gasteiger partial charge in [0.25, 0.3) is 0 Å². The molecule has 4 rings (SSSR count). The molecule has 2 aliphatic rings. The van der Waals surface area contributed by atoms with Crippen LogP contribution >= 0.6 is 22.9 Å². The zero-order valence-corrected chi connectivity index (χ0v) is 14.5. The van der Waals surface area contributed by atoms with E-state index in [-0.39, 0.29) is 17.9 Å². The highest BCUT2D eigenvalue weighted by atomic mass is 35.5. The number of carbonyl (C=O) groups is 1. The van der Waals surface area contributed by atoms with Crippen molar-refractivity contribution in [3.63, 3.8) is 0 Å². The molecule has 0 spiro atoms. The van der Waals surface area contributed by atoms with Gasteiger partial charge in [-0.15, -0.1) is 11.3 Å². The van der Waals surface area contributed by atoms with Crippen molar-refractivity contribution in [1.29, 1.82) is 0 Å². The van der Waals surface area contributed by atoms with Crippen LogP contribution in [0.2, 0.25) is 5.02 Å². The Morgan fingerprint density at radius 3 is 3.13 bits per heavy atom. The maximum Gasteiger partial charge on any atom is 0.229 e. The number of halogens is 1. The summed E-state index contributed by atoms with van der Waals surface area (Å²) < 4.78 is 5.79. The average Bonchev–Trinajstić information content (AvgIpc) is 3.03. The Balaban J connectivity index is 1.54. The fourth-order valence-corrected chi connectivity index (χ4v) is 4.72. The molecule has 2 aromatic rings. The number of amides is 1. The van der Waals surface area contributed by atoms with Crippen molar-refractivity contribution in [1.82, 2.24) is 4.90 Å². The summed E-state index contributed by atoms with van der Waals surface area (Å²) in [7, 11) is 0. The maximum atomic E-state index is 13.0. The van der Waals surface area contributed by atoms with Crippen molar-refractivity contribution < 1.29 is 9.53 Å². The minimum Gasteiger partial charge on any atom is -0.492 e. The molecule has 0 bridgehead atoms. The van der Waals surface area contributed by atoms with E-state index in [0.29, 0.717) is 18.1 Å². The molecule has 5 heteroatoms. The second-order valence-electron chi connectivity index (χ2n) is 6.22. The first-order chi connectivity index (χ1) is 11.1. The van der Waals surface area contributed by atoms with E-state index in [9.17, 15) is 4.79 Å². The van der Waals surface area contributed by atoms with E-state index in [4.69, 9.17) is 16.3 Å². The van der Waals surface area contributed by atoms with Gasteiger partial charge in [-0.25, -0.2) is 0 Å². The summed E-state index contributed by atoms with van der Waals surface area (Å²) in [5.74, 6) is 0.925. The van der Waals surface area contributed by atoms with E-state index in [1.54, 1.807) is 11.3 Å². The van der Waals surface area contributed by atoms with Crippen LogP contribution in [0.1, 0.15) is 29.0 Å². The number of nitrogens with zero attached hydrogens (tertiary/aromatic N) is 1. The lowest BCUT2D eigenvalue weighted by Gasteiger charge is -2.37. The van der Waals surface area contributed by atoms with Gasteiger partial charge >= 0.3 is 0 Å². The second kappa shape index (κ2) is 5.84. The molecule has 1 aromatic heterocycles. The highest BCUT2D eigenvalue weighted by molar-refractivity contribution is 7.10. The molecular formula is C18H18ClNO2S. The summed E-state index contributed by atoms with van der Waals surface area (Å²) in [5, 5.41) is 2.81. The van der Waals surface area contributed by atoms with Gasteiger partial charge in [0.1, 0.15) is 12.4 Å². The number of thiophene rings is 1. The van der Waals surface area contributed by atoms with Crippen LogP contribution in [-0.2, 0) is 17.6 Å². The lowest BCUT2D eigenvalue weighted by molar-refractivity contribution is -0.139. The Hall–Kier alpha value is -1.52. The summed E-state index contributed by atoms with van der Waals surface area (Å²) in [5.41, 5.74) is 2.33. The summed E-state index contributed by atoms with van der Waals surface area (Å²) in [6.07, 6.45) is 1.66. The zero-order chi connectivity index (χ0) is 16.0. The van der Waals surface area contributed by atoms with Crippen molar-refractivity contribution in [3.8, 4) is 5.75 Å². The van der Waals surface area contributed by atoms with Gasteiger partial charge in [0, 0.05) is 16.4 Å². The Morgan fingerprint density at radius 2 is 2.26 bits per heavy atom. The van der Waals surface area contributed by atoms with E-state index in [1.807, 2.05) is 23.1 Å². The molecule has 0 N–H and O–H groups in total. The quantitative estimate of drug-likeness (QED) is 0.777. The van der Waals surface area contributed by atoms with Crippen LogP contribution in [0.15, 0.2) is 29.6 Å². The van der Waals surface area contributed by atoms with E-state index in [0.717, 1.165) is 24.3 Å². The number of carbonyl (C=O) groups excluding carboxylic acids is 1. The molecule has 120 valence electrons. The minimum absolute atomic E-state index is 0.122. The van der Waals surface area contributed by atoms with Crippen LogP contribution in [-0.4, -0.2) is 24.0 Å². The molecule has 0 fully saturated rings. The maximum absolute atomic E-state index is 13.0. The van der Waals surface area contributed by atoms with E-state index < -0.39 is 0 Å². The molecule has 3 nitrogen and oxygen atoms in total. The van der Waals surface area contributed by atoms with Gasteiger partial charge < -0.3 is 9.64 Å². The third-order valence-electron chi connectivity index (χ3n) is 4.84. The lowest BCUT2D eigenvalue weighted by atomic mass is 9.93. The molecular weight excluding hydrogens is 330 g/mol.